The van der Waals surface area contributed by atoms with Gasteiger partial charge in [0, 0.05) is 66.5 Å². The summed E-state index contributed by atoms with van der Waals surface area (Å²) in [6, 6.07) is 2.10. The molecule has 0 saturated carbocycles. The van der Waals surface area contributed by atoms with Crippen LogP contribution in [0.25, 0.3) is 22.0 Å². The molecule has 0 radical (unpaired) electrons. The fourth-order valence-electron chi connectivity index (χ4n) is 5.15. The van der Waals surface area contributed by atoms with E-state index in [1.54, 1.807) is 25.7 Å². The van der Waals surface area contributed by atoms with Gasteiger partial charge < -0.3 is 19.3 Å². The Morgan fingerprint density at radius 1 is 1.07 bits per heavy atom. The minimum atomic E-state index is -4.98. The smallest absolute Gasteiger partial charge is 0.417 e. The molecule has 5 rings (SSSR count). The van der Waals surface area contributed by atoms with Crippen molar-refractivity contribution in [3.63, 3.8) is 0 Å². The van der Waals surface area contributed by atoms with E-state index in [-0.39, 0.29) is 60.1 Å². The largest absolute Gasteiger partial charge is 0.444 e. The van der Waals surface area contributed by atoms with Gasteiger partial charge in [-0.1, -0.05) is 11.6 Å². The lowest BCUT2D eigenvalue weighted by atomic mass is 9.95. The van der Waals surface area contributed by atoms with Gasteiger partial charge in [-0.3, -0.25) is 4.57 Å². The third-order valence-corrected chi connectivity index (χ3v) is 8.66. The van der Waals surface area contributed by atoms with E-state index in [2.05, 4.69) is 4.98 Å². The maximum atomic E-state index is 15.2. The van der Waals surface area contributed by atoms with E-state index in [0.29, 0.717) is 6.07 Å². The predicted octanol–water partition coefficient (Wildman–Crippen LogP) is 6.19. The van der Waals surface area contributed by atoms with Crippen molar-refractivity contribution in [2.24, 2.45) is 0 Å². The first-order valence-electron chi connectivity index (χ1n) is 13.3. The molecule has 1 fully saturated rings. The summed E-state index contributed by atoms with van der Waals surface area (Å²) in [6.45, 7) is 5.89. The van der Waals surface area contributed by atoms with Gasteiger partial charge in [-0.15, -0.1) is 11.8 Å². The Kier molecular flexibility index (Phi) is 8.33. The quantitative estimate of drug-likeness (QED) is 0.248. The number of carbonyl (C=O) groups is 1. The van der Waals surface area contributed by atoms with E-state index < -0.39 is 63.0 Å². The Hall–Kier alpha value is -3.10. The van der Waals surface area contributed by atoms with E-state index in [1.807, 2.05) is 0 Å². The molecule has 0 N–H and O–H groups in total. The molecule has 0 aliphatic carbocycles. The minimum Gasteiger partial charge on any atom is -0.444 e. The summed E-state index contributed by atoms with van der Waals surface area (Å²) >= 11 is 6.88. The Balaban J connectivity index is 1.73. The number of ether oxygens (including phenoxy) is 2. The zero-order valence-electron chi connectivity index (χ0n) is 23.6. The van der Waals surface area contributed by atoms with Crippen LogP contribution >= 0.6 is 23.4 Å². The molecule has 15 heteroatoms. The number of rotatable bonds is 3. The molecule has 2 aliphatic rings. The number of alkyl halides is 3. The fourth-order valence-corrected chi connectivity index (χ4v) is 6.63. The maximum absolute atomic E-state index is 15.2. The number of hydrogen-bond donors (Lipinski definition) is 0. The number of hydrogen-bond acceptors (Lipinski definition) is 7. The summed E-state index contributed by atoms with van der Waals surface area (Å²) in [5.74, 6) is -2.21. The Morgan fingerprint density at radius 3 is 2.35 bits per heavy atom. The molecule has 0 spiro atoms. The number of nitrogens with zero attached hydrogens (tertiary/aromatic N) is 4. The molecule has 43 heavy (non-hydrogen) atoms. The van der Waals surface area contributed by atoms with Crippen LogP contribution in [0.15, 0.2) is 27.9 Å². The normalized spacial score (nSPS) is 17.8. The number of piperazine rings is 1. The van der Waals surface area contributed by atoms with Crippen molar-refractivity contribution < 1.29 is 36.2 Å². The van der Waals surface area contributed by atoms with Gasteiger partial charge in [-0.25, -0.2) is 18.4 Å². The number of halogens is 6. The van der Waals surface area contributed by atoms with Gasteiger partial charge in [-0.2, -0.15) is 18.2 Å². The van der Waals surface area contributed by atoms with Crippen LogP contribution in [-0.2, 0) is 22.2 Å². The predicted molar refractivity (Wildman–Crippen MR) is 153 cm³/mol. The lowest BCUT2D eigenvalue weighted by Gasteiger charge is -2.36. The molecule has 232 valence electrons. The average molecular weight is 647 g/mol. The van der Waals surface area contributed by atoms with Crippen molar-refractivity contribution in [2.75, 3.05) is 43.9 Å². The Labute approximate surface area is 252 Å². The van der Waals surface area contributed by atoms with Crippen LogP contribution in [-0.4, -0.2) is 71.3 Å². The van der Waals surface area contributed by atoms with Crippen LogP contribution < -0.4 is 10.6 Å². The summed E-state index contributed by atoms with van der Waals surface area (Å²) in [5.41, 5.74) is -3.62. The van der Waals surface area contributed by atoms with E-state index in [9.17, 15) is 27.2 Å². The lowest BCUT2D eigenvalue weighted by Crippen LogP contribution is -2.50. The van der Waals surface area contributed by atoms with Crippen molar-refractivity contribution >= 4 is 46.2 Å². The first-order chi connectivity index (χ1) is 20.1. The number of carbonyl (C=O) groups excluding carboxylic acids is 1. The fraction of sp³-hybridized carbons (Fsp3) is 0.464. The van der Waals surface area contributed by atoms with Gasteiger partial charge >= 0.3 is 18.0 Å². The first-order valence-corrected chi connectivity index (χ1v) is 14.7. The molecule has 2 aliphatic heterocycles. The molecular formula is C28H28ClF5N4O4S. The number of anilines is 1. The molecule has 1 aromatic heterocycles. The topological polar surface area (TPSA) is 76.9 Å². The number of thioether (sulfide) groups is 1. The van der Waals surface area contributed by atoms with E-state index in [0.717, 1.165) is 23.9 Å². The molecule has 1 saturated heterocycles. The van der Waals surface area contributed by atoms with E-state index in [1.165, 1.54) is 16.6 Å². The summed E-state index contributed by atoms with van der Waals surface area (Å²) in [6.07, 6.45) is -6.08. The van der Waals surface area contributed by atoms with Gasteiger partial charge in [0.2, 0.25) is 0 Å². The molecule has 2 aromatic carbocycles. The second-order valence-corrected chi connectivity index (χ2v) is 12.7. The summed E-state index contributed by atoms with van der Waals surface area (Å²) < 4.78 is 85.6. The van der Waals surface area contributed by atoms with Crippen LogP contribution in [0.2, 0.25) is 5.02 Å². The zero-order valence-corrected chi connectivity index (χ0v) is 25.2. The van der Waals surface area contributed by atoms with Crippen LogP contribution in [0.1, 0.15) is 26.3 Å². The third kappa shape index (κ3) is 6.14. The standard InChI is InChI=1S/C28H28ClF5N4O4S/c1-27(2,3)42-26(40)37-7-5-36(6-8-37)24-16-9-17(28(32,33)34)21(15-10-18(29)20(31)11-19(15)30)23-22(16)38(25(39)35-24)12-14(41-4)13-43-23/h9-11,14H,5-8,12-13H2,1-4H3. The lowest BCUT2D eigenvalue weighted by molar-refractivity contribution is -0.137. The monoisotopic (exact) mass is 646 g/mol. The first kappa shape index (κ1) is 31.3. The molecule has 0 bridgehead atoms. The zero-order chi connectivity index (χ0) is 31.4. The second-order valence-electron chi connectivity index (χ2n) is 11.2. The van der Waals surface area contributed by atoms with Gasteiger partial charge in [0.05, 0.1) is 28.8 Å². The number of methoxy groups -OCH3 is 1. The van der Waals surface area contributed by atoms with Crippen molar-refractivity contribution in [3.8, 4) is 11.1 Å². The molecular weight excluding hydrogens is 619 g/mol. The van der Waals surface area contributed by atoms with Crippen molar-refractivity contribution in [1.82, 2.24) is 14.5 Å². The number of benzene rings is 2. The van der Waals surface area contributed by atoms with E-state index >= 15 is 4.39 Å². The van der Waals surface area contributed by atoms with Crippen LogP contribution in [0.5, 0.6) is 0 Å². The van der Waals surface area contributed by atoms with Crippen LogP contribution in [0.4, 0.5) is 32.6 Å². The Morgan fingerprint density at radius 2 is 1.74 bits per heavy atom. The molecule has 1 unspecified atom stereocenters. The number of aromatic nitrogens is 2. The molecule has 3 aromatic rings. The maximum Gasteiger partial charge on any atom is 0.417 e. The summed E-state index contributed by atoms with van der Waals surface area (Å²) in [7, 11) is 1.41. The minimum absolute atomic E-state index is 0.00691. The third-order valence-electron chi connectivity index (χ3n) is 7.15. The molecule has 8 nitrogen and oxygen atoms in total. The van der Waals surface area contributed by atoms with Gasteiger partial charge in [-0.05, 0) is 32.9 Å². The van der Waals surface area contributed by atoms with Gasteiger partial charge in [0.1, 0.15) is 23.1 Å². The van der Waals surface area contributed by atoms with Crippen LogP contribution in [0, 0.1) is 11.6 Å². The van der Waals surface area contributed by atoms with Crippen molar-refractivity contribution in [3.05, 3.63) is 50.9 Å². The summed E-state index contributed by atoms with van der Waals surface area (Å²) in [5, 5.41) is -0.532. The summed E-state index contributed by atoms with van der Waals surface area (Å²) in [4.78, 5) is 33.3. The molecule has 3 heterocycles. The molecule has 1 amide bonds. The van der Waals surface area contributed by atoms with Gasteiger partial charge in [0.15, 0.2) is 0 Å². The van der Waals surface area contributed by atoms with Crippen molar-refractivity contribution in [2.45, 2.75) is 50.1 Å². The highest BCUT2D eigenvalue weighted by atomic mass is 35.5. The molecule has 1 atom stereocenters. The Bertz CT molecular complexity index is 1650. The van der Waals surface area contributed by atoms with Gasteiger partial charge in [0.25, 0.3) is 0 Å². The highest BCUT2D eigenvalue weighted by molar-refractivity contribution is 7.99. The van der Waals surface area contributed by atoms with Crippen LogP contribution in [0.3, 0.4) is 0 Å². The average Bonchev–Trinajstić information content (AvgIpc) is 3.12. The second kappa shape index (κ2) is 11.4. The highest BCUT2D eigenvalue weighted by Gasteiger charge is 2.39. The van der Waals surface area contributed by atoms with E-state index in [4.69, 9.17) is 21.1 Å². The van der Waals surface area contributed by atoms with Crippen molar-refractivity contribution in [1.29, 1.82) is 0 Å². The highest BCUT2D eigenvalue weighted by Crippen LogP contribution is 2.49. The number of amides is 1. The SMILES string of the molecule is COC1CSc2c(-c3cc(Cl)c(F)cc3F)c(C(F)(F)F)cc3c(N4CCN(C(=O)OC(C)(C)C)CC4)nc(=O)n(c23)C1.